The normalized spacial score (nSPS) is 21.9. The summed E-state index contributed by atoms with van der Waals surface area (Å²) in [5.74, 6) is 1.70. The number of hydrogen-bond acceptors (Lipinski definition) is 1. The highest BCUT2D eigenvalue weighted by atomic mass is 35.5. The molecule has 1 aromatic rings. The molecule has 0 N–H and O–H groups in total. The second-order valence-electron chi connectivity index (χ2n) is 5.40. The zero-order valence-electron chi connectivity index (χ0n) is 10.2. The lowest BCUT2D eigenvalue weighted by Gasteiger charge is -2.42. The van der Waals surface area contributed by atoms with E-state index in [4.69, 9.17) is 16.3 Å². The van der Waals surface area contributed by atoms with Crippen molar-refractivity contribution in [3.05, 3.63) is 29.3 Å². The topological polar surface area (TPSA) is 9.23 Å². The van der Waals surface area contributed by atoms with Gasteiger partial charge in [0.25, 0.3) is 0 Å². The Morgan fingerprint density at radius 2 is 1.94 bits per heavy atom. The van der Waals surface area contributed by atoms with E-state index < -0.39 is 0 Å². The molecule has 0 bridgehead atoms. The standard InChI is InChI=1S/C15H19ClO/c16-11-12-4-5-14-13(10-12)15(8-9-17-14)6-2-1-3-7-15/h4-5,10H,1-3,6-9,11H2. The molecule has 1 spiro atoms. The van der Waals surface area contributed by atoms with Gasteiger partial charge in [-0.15, -0.1) is 11.6 Å². The Labute approximate surface area is 108 Å². The van der Waals surface area contributed by atoms with Crippen molar-refractivity contribution in [1.82, 2.24) is 0 Å². The molecular weight excluding hydrogens is 232 g/mol. The SMILES string of the molecule is ClCc1ccc2c(c1)C1(CCCCC1)CCO2. The van der Waals surface area contributed by atoms with E-state index in [0.717, 1.165) is 12.4 Å². The molecule has 1 heterocycles. The zero-order valence-corrected chi connectivity index (χ0v) is 10.9. The van der Waals surface area contributed by atoms with E-state index in [1.165, 1.54) is 49.7 Å². The molecule has 1 aliphatic carbocycles. The maximum atomic E-state index is 5.96. The highest BCUT2D eigenvalue weighted by Crippen LogP contribution is 2.48. The number of halogens is 1. The first-order chi connectivity index (χ1) is 8.34. The molecule has 0 radical (unpaired) electrons. The first-order valence-electron chi connectivity index (χ1n) is 6.66. The molecule has 0 saturated heterocycles. The van der Waals surface area contributed by atoms with Crippen molar-refractivity contribution in [2.24, 2.45) is 0 Å². The van der Waals surface area contributed by atoms with Crippen LogP contribution >= 0.6 is 11.6 Å². The van der Waals surface area contributed by atoms with E-state index in [1.54, 1.807) is 0 Å². The summed E-state index contributed by atoms with van der Waals surface area (Å²) in [7, 11) is 0. The van der Waals surface area contributed by atoms with Crippen LogP contribution in [-0.4, -0.2) is 6.61 Å². The number of rotatable bonds is 1. The number of fused-ring (bicyclic) bond motifs is 2. The molecule has 17 heavy (non-hydrogen) atoms. The average Bonchev–Trinajstić information content (AvgIpc) is 2.40. The maximum absolute atomic E-state index is 5.96. The summed E-state index contributed by atoms with van der Waals surface area (Å²) in [5.41, 5.74) is 3.05. The monoisotopic (exact) mass is 250 g/mol. The van der Waals surface area contributed by atoms with Gasteiger partial charge in [-0.3, -0.25) is 0 Å². The molecule has 1 fully saturated rings. The predicted octanol–water partition coefficient (Wildman–Crippen LogP) is 4.41. The minimum atomic E-state index is 0.397. The van der Waals surface area contributed by atoms with Crippen molar-refractivity contribution >= 4 is 11.6 Å². The Morgan fingerprint density at radius 1 is 1.12 bits per heavy atom. The summed E-state index contributed by atoms with van der Waals surface area (Å²) >= 11 is 5.96. The highest BCUT2D eigenvalue weighted by Gasteiger charge is 2.38. The first-order valence-corrected chi connectivity index (χ1v) is 7.20. The Balaban J connectivity index is 2.04. The number of hydrogen-bond donors (Lipinski definition) is 0. The van der Waals surface area contributed by atoms with Gasteiger partial charge in [-0.2, -0.15) is 0 Å². The minimum Gasteiger partial charge on any atom is -0.493 e. The smallest absolute Gasteiger partial charge is 0.123 e. The number of ether oxygens (including phenoxy) is 1. The molecule has 0 atom stereocenters. The second kappa shape index (κ2) is 4.53. The van der Waals surface area contributed by atoms with Crippen molar-refractivity contribution in [2.45, 2.75) is 49.8 Å². The molecular formula is C15H19ClO. The van der Waals surface area contributed by atoms with Gasteiger partial charge in [0.05, 0.1) is 6.61 Å². The van der Waals surface area contributed by atoms with E-state index in [2.05, 4.69) is 18.2 Å². The van der Waals surface area contributed by atoms with Crippen LogP contribution in [0, 0.1) is 0 Å². The molecule has 2 heteroatoms. The fraction of sp³-hybridized carbons (Fsp3) is 0.600. The largest absolute Gasteiger partial charge is 0.493 e. The van der Waals surface area contributed by atoms with E-state index in [-0.39, 0.29) is 0 Å². The number of alkyl halides is 1. The second-order valence-corrected chi connectivity index (χ2v) is 5.67. The van der Waals surface area contributed by atoms with Crippen molar-refractivity contribution in [2.75, 3.05) is 6.61 Å². The molecule has 1 aromatic carbocycles. The summed E-state index contributed by atoms with van der Waals surface area (Å²) < 4.78 is 5.81. The van der Waals surface area contributed by atoms with Gasteiger partial charge in [-0.1, -0.05) is 31.4 Å². The molecule has 1 saturated carbocycles. The third-order valence-electron chi connectivity index (χ3n) is 4.42. The minimum absolute atomic E-state index is 0.397. The Morgan fingerprint density at radius 3 is 2.71 bits per heavy atom. The first kappa shape index (κ1) is 11.4. The van der Waals surface area contributed by atoms with E-state index in [0.29, 0.717) is 11.3 Å². The van der Waals surface area contributed by atoms with Crippen LogP contribution in [0.5, 0.6) is 5.75 Å². The molecule has 92 valence electrons. The fourth-order valence-corrected chi connectivity index (χ4v) is 3.61. The van der Waals surface area contributed by atoms with Crippen molar-refractivity contribution in [3.63, 3.8) is 0 Å². The summed E-state index contributed by atoms with van der Waals surface area (Å²) in [6.45, 7) is 0.882. The lowest BCUT2D eigenvalue weighted by atomic mass is 9.66. The van der Waals surface area contributed by atoms with Crippen molar-refractivity contribution in [3.8, 4) is 5.75 Å². The quantitative estimate of drug-likeness (QED) is 0.671. The molecule has 3 rings (SSSR count). The highest BCUT2D eigenvalue weighted by molar-refractivity contribution is 6.17. The third kappa shape index (κ3) is 1.95. The van der Waals surface area contributed by atoms with Gasteiger partial charge < -0.3 is 4.74 Å². The maximum Gasteiger partial charge on any atom is 0.123 e. The van der Waals surface area contributed by atoms with Gasteiger partial charge in [0, 0.05) is 16.9 Å². The fourth-order valence-electron chi connectivity index (χ4n) is 3.44. The van der Waals surface area contributed by atoms with Crippen LogP contribution in [0.4, 0.5) is 0 Å². The van der Waals surface area contributed by atoms with Gasteiger partial charge in [-0.25, -0.2) is 0 Å². The number of benzene rings is 1. The van der Waals surface area contributed by atoms with Crippen molar-refractivity contribution in [1.29, 1.82) is 0 Å². The van der Waals surface area contributed by atoms with Gasteiger partial charge in [-0.05, 0) is 30.9 Å². The third-order valence-corrected chi connectivity index (χ3v) is 4.73. The van der Waals surface area contributed by atoms with E-state index in [1.807, 2.05) is 0 Å². The lowest BCUT2D eigenvalue weighted by molar-refractivity contribution is 0.174. The molecule has 1 nitrogen and oxygen atoms in total. The van der Waals surface area contributed by atoms with Crippen molar-refractivity contribution < 1.29 is 4.74 Å². The summed E-state index contributed by atoms with van der Waals surface area (Å²) in [6, 6.07) is 6.49. The van der Waals surface area contributed by atoms with Crippen LogP contribution < -0.4 is 4.74 Å². The molecule has 2 aliphatic rings. The average molecular weight is 251 g/mol. The van der Waals surface area contributed by atoms with Crippen LogP contribution in [0.25, 0.3) is 0 Å². The Hall–Kier alpha value is -0.690. The van der Waals surface area contributed by atoms with Crippen LogP contribution in [0.2, 0.25) is 0 Å². The van der Waals surface area contributed by atoms with Crippen LogP contribution in [0.15, 0.2) is 18.2 Å². The summed E-state index contributed by atoms with van der Waals surface area (Å²) in [4.78, 5) is 0. The molecule has 0 unspecified atom stereocenters. The van der Waals surface area contributed by atoms with Crippen LogP contribution in [0.1, 0.15) is 49.7 Å². The Bertz CT molecular complexity index is 407. The summed E-state index contributed by atoms with van der Waals surface area (Å²) in [5, 5.41) is 0. The molecule has 0 aromatic heterocycles. The van der Waals surface area contributed by atoms with E-state index >= 15 is 0 Å². The predicted molar refractivity (Wildman–Crippen MR) is 70.9 cm³/mol. The lowest BCUT2D eigenvalue weighted by Crippen LogP contribution is -2.35. The van der Waals surface area contributed by atoms with Gasteiger partial charge in [0.2, 0.25) is 0 Å². The van der Waals surface area contributed by atoms with Gasteiger partial charge >= 0.3 is 0 Å². The van der Waals surface area contributed by atoms with E-state index in [9.17, 15) is 0 Å². The van der Waals surface area contributed by atoms with Crippen LogP contribution in [-0.2, 0) is 11.3 Å². The zero-order chi connectivity index (χ0) is 11.7. The van der Waals surface area contributed by atoms with Gasteiger partial charge in [0.1, 0.15) is 5.75 Å². The molecule has 0 amide bonds. The summed E-state index contributed by atoms with van der Waals surface area (Å²) in [6.07, 6.45) is 7.97. The van der Waals surface area contributed by atoms with Gasteiger partial charge in [0.15, 0.2) is 0 Å². The van der Waals surface area contributed by atoms with Crippen LogP contribution in [0.3, 0.4) is 0 Å². The molecule has 1 aliphatic heterocycles. The Kier molecular flexibility index (Phi) is 3.04.